The van der Waals surface area contributed by atoms with Gasteiger partial charge in [-0.1, -0.05) is 38.4 Å². The summed E-state index contributed by atoms with van der Waals surface area (Å²) in [5.41, 5.74) is 2.20. The topological polar surface area (TPSA) is 108 Å². The highest BCUT2D eigenvalue weighted by Crippen LogP contribution is 2.36. The molecular weight excluding hydrogens is 440 g/mol. The van der Waals surface area contributed by atoms with Crippen molar-refractivity contribution >= 4 is 17.9 Å². The Morgan fingerprint density at radius 3 is 2.06 bits per heavy atom. The third kappa shape index (κ3) is 7.32. The molecule has 34 heavy (non-hydrogen) atoms. The minimum absolute atomic E-state index is 0.0297. The van der Waals surface area contributed by atoms with Crippen molar-refractivity contribution in [3.05, 3.63) is 98.1 Å². The molecule has 0 saturated heterocycles. The van der Waals surface area contributed by atoms with Gasteiger partial charge in [0, 0.05) is 29.9 Å². The lowest BCUT2D eigenvalue weighted by Gasteiger charge is -2.17. The summed E-state index contributed by atoms with van der Waals surface area (Å²) in [4.78, 5) is 35.0. The average Bonchev–Trinajstić information content (AvgIpc) is 2.85. The van der Waals surface area contributed by atoms with Gasteiger partial charge in [0.15, 0.2) is 0 Å². The summed E-state index contributed by atoms with van der Waals surface area (Å²) in [5.74, 6) is -1.60. The van der Waals surface area contributed by atoms with E-state index in [1.165, 1.54) is 12.1 Å². The normalized spacial score (nSPS) is 10.9. The molecule has 0 saturated carbocycles. The van der Waals surface area contributed by atoms with Gasteiger partial charge in [0.25, 0.3) is 0 Å². The van der Waals surface area contributed by atoms with Crippen LogP contribution in [-0.2, 0) is 37.1 Å². The lowest BCUT2D eigenvalue weighted by molar-refractivity contribution is -0.139. The summed E-state index contributed by atoms with van der Waals surface area (Å²) in [6, 6.07) is 9.69. The standard InChI is InChI=1S/C26H24O8/c1-5-23(27)31-15-17-9-11-20(18(13-17)16-32-24(28)6-2)21-12-10-19(33-25(29)7-3)14-22(21)34-26(30)8-4/h5-14,25,29H,1-4,15-16H2. The molecule has 2 aromatic carbocycles. The van der Waals surface area contributed by atoms with Crippen LogP contribution in [0.3, 0.4) is 0 Å². The van der Waals surface area contributed by atoms with Crippen molar-refractivity contribution in [1.82, 2.24) is 0 Å². The Bertz CT molecular complexity index is 1120. The Kier molecular flexibility index (Phi) is 9.55. The fraction of sp³-hybridized carbons (Fsp3) is 0.115. The van der Waals surface area contributed by atoms with E-state index in [0.717, 1.165) is 18.2 Å². The van der Waals surface area contributed by atoms with Crippen LogP contribution in [0.2, 0.25) is 0 Å². The molecule has 2 aromatic rings. The quantitative estimate of drug-likeness (QED) is 0.166. The summed E-state index contributed by atoms with van der Waals surface area (Å²) in [7, 11) is 0. The number of aliphatic hydroxyl groups excluding tert-OH is 1. The van der Waals surface area contributed by atoms with E-state index in [0.29, 0.717) is 22.3 Å². The second-order valence-corrected chi connectivity index (χ2v) is 6.64. The van der Waals surface area contributed by atoms with Gasteiger partial charge in [-0.05, 0) is 41.0 Å². The molecule has 0 spiro atoms. The number of hydrogen-bond donors (Lipinski definition) is 1. The van der Waals surface area contributed by atoms with Gasteiger partial charge in [-0.25, -0.2) is 14.4 Å². The molecule has 0 aliphatic rings. The molecule has 1 atom stereocenters. The summed E-state index contributed by atoms with van der Waals surface area (Å²) in [6.45, 7) is 13.4. The van der Waals surface area contributed by atoms with E-state index in [2.05, 4.69) is 26.3 Å². The third-order valence-corrected chi connectivity index (χ3v) is 4.33. The van der Waals surface area contributed by atoms with Gasteiger partial charge in [0.1, 0.15) is 24.7 Å². The molecule has 0 bridgehead atoms. The minimum Gasteiger partial charge on any atom is -0.461 e. The highest BCUT2D eigenvalue weighted by Gasteiger charge is 2.17. The average molecular weight is 464 g/mol. The number of aliphatic hydroxyl groups is 1. The first kappa shape index (κ1) is 25.8. The summed E-state index contributed by atoms with van der Waals surface area (Å²) in [5, 5.41) is 9.68. The number of rotatable bonds is 12. The maximum absolute atomic E-state index is 11.9. The van der Waals surface area contributed by atoms with Crippen molar-refractivity contribution in [1.29, 1.82) is 0 Å². The van der Waals surface area contributed by atoms with E-state index in [-0.39, 0.29) is 24.7 Å². The first-order chi connectivity index (χ1) is 16.3. The zero-order chi connectivity index (χ0) is 25.1. The summed E-state index contributed by atoms with van der Waals surface area (Å²) >= 11 is 0. The Balaban J connectivity index is 2.54. The number of carbonyl (C=O) groups is 3. The Morgan fingerprint density at radius 2 is 1.44 bits per heavy atom. The number of ether oxygens (including phenoxy) is 4. The van der Waals surface area contributed by atoms with Crippen LogP contribution in [0.25, 0.3) is 11.1 Å². The van der Waals surface area contributed by atoms with Crippen LogP contribution >= 0.6 is 0 Å². The Hall–Kier alpha value is -4.43. The molecule has 176 valence electrons. The minimum atomic E-state index is -1.26. The van der Waals surface area contributed by atoms with Crippen LogP contribution < -0.4 is 9.47 Å². The number of benzene rings is 2. The first-order valence-corrected chi connectivity index (χ1v) is 9.97. The van der Waals surface area contributed by atoms with E-state index in [4.69, 9.17) is 18.9 Å². The predicted octanol–water partition coefficient (Wildman–Crippen LogP) is 3.79. The van der Waals surface area contributed by atoms with Crippen LogP contribution in [0.1, 0.15) is 11.1 Å². The van der Waals surface area contributed by atoms with Gasteiger partial charge in [-0.2, -0.15) is 0 Å². The van der Waals surface area contributed by atoms with E-state index >= 15 is 0 Å². The molecule has 0 radical (unpaired) electrons. The largest absolute Gasteiger partial charge is 0.461 e. The molecule has 8 heteroatoms. The maximum atomic E-state index is 11.9. The van der Waals surface area contributed by atoms with Gasteiger partial charge in [-0.15, -0.1) is 0 Å². The van der Waals surface area contributed by atoms with Gasteiger partial charge in [0.05, 0.1) is 0 Å². The molecule has 0 fully saturated rings. The van der Waals surface area contributed by atoms with Crippen LogP contribution in [0, 0.1) is 0 Å². The molecule has 2 rings (SSSR count). The van der Waals surface area contributed by atoms with Crippen LogP contribution in [0.4, 0.5) is 0 Å². The van der Waals surface area contributed by atoms with E-state index in [1.807, 2.05) is 0 Å². The molecule has 1 N–H and O–H groups in total. The number of esters is 3. The molecule has 0 aliphatic heterocycles. The lowest BCUT2D eigenvalue weighted by atomic mass is 9.97. The number of carbonyl (C=O) groups excluding carboxylic acids is 3. The molecule has 0 aromatic heterocycles. The second-order valence-electron chi connectivity index (χ2n) is 6.64. The zero-order valence-corrected chi connectivity index (χ0v) is 18.4. The number of hydrogen-bond acceptors (Lipinski definition) is 8. The lowest BCUT2D eigenvalue weighted by Crippen LogP contribution is -2.12. The molecule has 1 unspecified atom stereocenters. The van der Waals surface area contributed by atoms with Gasteiger partial charge in [0.2, 0.25) is 6.29 Å². The van der Waals surface area contributed by atoms with Crippen molar-refractivity contribution in [2.45, 2.75) is 19.5 Å². The van der Waals surface area contributed by atoms with Crippen LogP contribution in [-0.4, -0.2) is 29.3 Å². The summed E-state index contributed by atoms with van der Waals surface area (Å²) < 4.78 is 21.0. The SMILES string of the molecule is C=CC(=O)OCc1ccc(-c2ccc(OC(O)C=C)cc2OC(=O)C=C)c(COC(=O)C=C)c1. The molecule has 0 aliphatic carbocycles. The van der Waals surface area contributed by atoms with Crippen LogP contribution in [0.5, 0.6) is 11.5 Å². The van der Waals surface area contributed by atoms with Crippen LogP contribution in [0.15, 0.2) is 87.0 Å². The van der Waals surface area contributed by atoms with Crippen molar-refractivity contribution < 1.29 is 38.4 Å². The fourth-order valence-electron chi connectivity index (χ4n) is 2.76. The Morgan fingerprint density at radius 1 is 0.824 bits per heavy atom. The first-order valence-electron chi connectivity index (χ1n) is 9.97. The molecule has 8 nitrogen and oxygen atoms in total. The molecular formula is C26H24O8. The highest BCUT2D eigenvalue weighted by molar-refractivity contribution is 5.86. The maximum Gasteiger partial charge on any atom is 0.335 e. The van der Waals surface area contributed by atoms with E-state index in [1.54, 1.807) is 30.3 Å². The van der Waals surface area contributed by atoms with Gasteiger partial charge >= 0.3 is 17.9 Å². The smallest absolute Gasteiger partial charge is 0.335 e. The van der Waals surface area contributed by atoms with Crippen molar-refractivity contribution in [3.8, 4) is 22.6 Å². The predicted molar refractivity (Wildman–Crippen MR) is 125 cm³/mol. The van der Waals surface area contributed by atoms with Gasteiger partial charge < -0.3 is 24.1 Å². The molecule has 0 amide bonds. The monoisotopic (exact) mass is 464 g/mol. The molecule has 0 heterocycles. The summed E-state index contributed by atoms with van der Waals surface area (Å²) in [6.07, 6.45) is 3.01. The van der Waals surface area contributed by atoms with Crippen molar-refractivity contribution in [2.75, 3.05) is 0 Å². The van der Waals surface area contributed by atoms with Crippen molar-refractivity contribution in [3.63, 3.8) is 0 Å². The van der Waals surface area contributed by atoms with E-state index in [9.17, 15) is 19.5 Å². The Labute approximate surface area is 197 Å². The third-order valence-electron chi connectivity index (χ3n) is 4.33. The second kappa shape index (κ2) is 12.6. The highest BCUT2D eigenvalue weighted by atomic mass is 16.6. The van der Waals surface area contributed by atoms with Crippen molar-refractivity contribution in [2.24, 2.45) is 0 Å². The zero-order valence-electron chi connectivity index (χ0n) is 18.4. The van der Waals surface area contributed by atoms with E-state index < -0.39 is 24.2 Å². The van der Waals surface area contributed by atoms with Gasteiger partial charge in [-0.3, -0.25) is 0 Å². The fourth-order valence-corrected chi connectivity index (χ4v) is 2.76.